The molecule has 0 amide bonds. The van der Waals surface area contributed by atoms with Crippen LogP contribution >= 0.6 is 0 Å². The number of carbonyl (C=O) groups excluding carboxylic acids is 3. The number of carboxylic acids is 1. The lowest BCUT2D eigenvalue weighted by Gasteiger charge is -2.63. The molecule has 43 heavy (non-hydrogen) atoms. The molecule has 0 aromatic carbocycles. The van der Waals surface area contributed by atoms with E-state index in [1.807, 2.05) is 27.7 Å². The standard InChI is InChI=1S/C34H50O9/c1-17(13-21-18(2)19(3)28(40)42-21)20-9-11-32(7)29(41)34(16-24(36)33(20,32)8)23(35)14-22-30(4,5)25(10-12-31(22,34)6)43-27(39)15-26(37)38/h17,20-25,35-36H,9-16H2,1-8H3,(H,37,38)/t17-,20-,21+,22+,23+,24-,25-,31+,32+,33+,34-/m1/s1. The zero-order valence-corrected chi connectivity index (χ0v) is 27.0. The SMILES string of the molecule is CC1=C(C)[C@H](C[C@@H](C)[C@H]2CC[C@@]3(C)C(=O)[C@@]4(C[C@@H](O)[C@]23C)[C@@H](O)C[C@H]2C(C)(C)[C@H](OC(=O)CC(=O)O)CC[C@@]24C)OC1=O. The zero-order valence-electron chi connectivity index (χ0n) is 27.0. The van der Waals surface area contributed by atoms with Crippen LogP contribution in [0, 0.1) is 44.8 Å². The van der Waals surface area contributed by atoms with Crippen LogP contribution in [-0.4, -0.2) is 63.4 Å². The Morgan fingerprint density at radius 2 is 1.67 bits per heavy atom. The summed E-state index contributed by atoms with van der Waals surface area (Å²) in [7, 11) is 0. The van der Waals surface area contributed by atoms with E-state index in [4.69, 9.17) is 14.6 Å². The molecule has 0 bridgehead atoms. The molecular formula is C34H50O9. The first-order valence-electron chi connectivity index (χ1n) is 16.0. The lowest BCUT2D eigenvalue weighted by atomic mass is 9.40. The van der Waals surface area contributed by atoms with E-state index in [0.29, 0.717) is 37.7 Å². The number of aliphatic hydroxyl groups excluding tert-OH is 2. The Kier molecular flexibility index (Phi) is 7.57. The molecule has 0 aromatic rings. The molecule has 3 N–H and O–H groups in total. The van der Waals surface area contributed by atoms with Gasteiger partial charge in [0.15, 0.2) is 0 Å². The number of ether oxygens (including phenoxy) is 2. The first kappa shape index (κ1) is 32.1. The minimum absolute atomic E-state index is 0.0317. The minimum atomic E-state index is -1.24. The van der Waals surface area contributed by atoms with E-state index in [1.165, 1.54) is 0 Å². The van der Waals surface area contributed by atoms with Gasteiger partial charge in [-0.05, 0) is 87.5 Å². The van der Waals surface area contributed by atoms with Crippen molar-refractivity contribution >= 4 is 23.7 Å². The van der Waals surface area contributed by atoms with Gasteiger partial charge in [-0.25, -0.2) is 4.79 Å². The number of rotatable bonds is 6. The van der Waals surface area contributed by atoms with E-state index >= 15 is 4.79 Å². The van der Waals surface area contributed by atoms with Crippen molar-refractivity contribution in [2.24, 2.45) is 44.8 Å². The lowest BCUT2D eigenvalue weighted by molar-refractivity contribution is -0.211. The third-order valence-electron chi connectivity index (χ3n) is 14.0. The summed E-state index contributed by atoms with van der Waals surface area (Å²) in [5, 5.41) is 33.1. The van der Waals surface area contributed by atoms with E-state index in [1.54, 1.807) is 6.92 Å². The second kappa shape index (κ2) is 10.1. The molecule has 9 nitrogen and oxygen atoms in total. The number of Topliss-reactive ketones (excluding diaryl/α,β-unsaturated/α-hetero) is 1. The van der Waals surface area contributed by atoms with Crippen molar-refractivity contribution in [3.8, 4) is 0 Å². The Balaban J connectivity index is 1.44. The number of aliphatic hydroxyl groups is 2. The van der Waals surface area contributed by atoms with Gasteiger partial charge in [-0.15, -0.1) is 0 Å². The van der Waals surface area contributed by atoms with E-state index < -0.39 is 63.7 Å². The molecule has 0 radical (unpaired) electrons. The number of esters is 2. The summed E-state index contributed by atoms with van der Waals surface area (Å²) in [5.41, 5.74) is -2.37. The van der Waals surface area contributed by atoms with E-state index in [0.717, 1.165) is 12.0 Å². The topological polar surface area (TPSA) is 147 Å². The van der Waals surface area contributed by atoms with E-state index in [2.05, 4.69) is 20.8 Å². The van der Waals surface area contributed by atoms with Crippen molar-refractivity contribution in [3.05, 3.63) is 11.1 Å². The predicted molar refractivity (Wildman–Crippen MR) is 156 cm³/mol. The third-order valence-corrected chi connectivity index (χ3v) is 14.0. The average Bonchev–Trinajstić information content (AvgIpc) is 3.42. The van der Waals surface area contributed by atoms with Gasteiger partial charge in [0, 0.05) is 21.8 Å². The second-order valence-electron chi connectivity index (χ2n) is 15.8. The second-order valence-corrected chi connectivity index (χ2v) is 15.8. The van der Waals surface area contributed by atoms with Crippen LogP contribution in [-0.2, 0) is 28.7 Å². The lowest BCUT2D eigenvalue weighted by Crippen LogP contribution is -2.68. The van der Waals surface area contributed by atoms with Gasteiger partial charge in [0.1, 0.15) is 24.4 Å². The number of carboxylic acid groups (broad SMARTS) is 1. The number of ketones is 1. The highest BCUT2D eigenvalue weighted by Crippen LogP contribution is 2.76. The van der Waals surface area contributed by atoms with Crippen LogP contribution in [0.2, 0.25) is 0 Å². The molecule has 240 valence electrons. The van der Waals surface area contributed by atoms with Gasteiger partial charge < -0.3 is 24.8 Å². The van der Waals surface area contributed by atoms with Gasteiger partial charge in [-0.1, -0.05) is 41.5 Å². The first-order valence-corrected chi connectivity index (χ1v) is 16.0. The highest BCUT2D eigenvalue weighted by Gasteiger charge is 2.78. The number of hydrogen-bond acceptors (Lipinski definition) is 8. The maximum atomic E-state index is 15.1. The molecule has 5 rings (SSSR count). The highest BCUT2D eigenvalue weighted by molar-refractivity contribution is 5.94. The fourth-order valence-electron chi connectivity index (χ4n) is 11.0. The van der Waals surface area contributed by atoms with Gasteiger partial charge >= 0.3 is 17.9 Å². The number of hydrogen-bond donors (Lipinski definition) is 3. The van der Waals surface area contributed by atoms with Crippen LogP contribution in [0.3, 0.4) is 0 Å². The Labute approximate surface area is 254 Å². The van der Waals surface area contributed by atoms with Gasteiger partial charge in [-0.3, -0.25) is 14.4 Å². The number of aliphatic carboxylic acids is 1. The van der Waals surface area contributed by atoms with Gasteiger partial charge in [0.25, 0.3) is 0 Å². The quantitative estimate of drug-likeness (QED) is 0.293. The van der Waals surface area contributed by atoms with Gasteiger partial charge in [0.05, 0.1) is 17.6 Å². The Bertz CT molecular complexity index is 1270. The summed E-state index contributed by atoms with van der Waals surface area (Å²) in [6.45, 7) is 15.9. The minimum Gasteiger partial charge on any atom is -0.481 e. The molecular weight excluding hydrogens is 552 g/mol. The molecule has 1 heterocycles. The van der Waals surface area contributed by atoms with Crippen molar-refractivity contribution in [1.29, 1.82) is 0 Å². The fraction of sp³-hybridized carbons (Fsp3) is 0.824. The van der Waals surface area contributed by atoms with Crippen molar-refractivity contribution in [2.75, 3.05) is 0 Å². The molecule has 1 spiro atoms. The first-order chi connectivity index (χ1) is 19.8. The smallest absolute Gasteiger partial charge is 0.334 e. The van der Waals surface area contributed by atoms with Gasteiger partial charge in [0.2, 0.25) is 0 Å². The normalized spacial score (nSPS) is 46.0. The van der Waals surface area contributed by atoms with Crippen LogP contribution in [0.25, 0.3) is 0 Å². The van der Waals surface area contributed by atoms with E-state index in [-0.39, 0.29) is 42.0 Å². The van der Waals surface area contributed by atoms with E-state index in [9.17, 15) is 24.6 Å². The molecule has 1 aliphatic heterocycles. The molecule has 9 heteroatoms. The number of carbonyl (C=O) groups is 4. The Hall–Kier alpha value is -2.26. The summed E-state index contributed by atoms with van der Waals surface area (Å²) in [6, 6.07) is 0. The maximum Gasteiger partial charge on any atom is 0.334 e. The van der Waals surface area contributed by atoms with Crippen molar-refractivity contribution in [1.82, 2.24) is 0 Å². The summed E-state index contributed by atoms with van der Waals surface area (Å²) in [4.78, 5) is 50.7. The van der Waals surface area contributed by atoms with Crippen LogP contribution in [0.1, 0.15) is 107 Å². The third kappa shape index (κ3) is 4.15. The van der Waals surface area contributed by atoms with Crippen LogP contribution in [0.4, 0.5) is 0 Å². The summed E-state index contributed by atoms with van der Waals surface area (Å²) in [5.74, 6) is -2.32. The largest absolute Gasteiger partial charge is 0.481 e. The highest BCUT2D eigenvalue weighted by atomic mass is 16.6. The molecule has 11 atom stereocenters. The molecule has 0 saturated heterocycles. The Morgan fingerprint density at radius 3 is 2.26 bits per heavy atom. The molecule has 4 aliphatic carbocycles. The number of fused-ring (bicyclic) bond motifs is 3. The monoisotopic (exact) mass is 602 g/mol. The van der Waals surface area contributed by atoms with Crippen LogP contribution in [0.5, 0.6) is 0 Å². The molecule has 0 aromatic heterocycles. The Morgan fingerprint density at radius 1 is 1.02 bits per heavy atom. The van der Waals surface area contributed by atoms with Crippen molar-refractivity contribution in [3.63, 3.8) is 0 Å². The summed E-state index contributed by atoms with van der Waals surface area (Å²) >= 11 is 0. The van der Waals surface area contributed by atoms with Crippen LogP contribution < -0.4 is 0 Å². The summed E-state index contributed by atoms with van der Waals surface area (Å²) in [6.07, 6.45) is 0.181. The summed E-state index contributed by atoms with van der Waals surface area (Å²) < 4.78 is 11.3. The number of cyclic esters (lactones) is 1. The molecule has 4 saturated carbocycles. The predicted octanol–water partition coefficient (Wildman–Crippen LogP) is 4.61. The average molecular weight is 603 g/mol. The van der Waals surface area contributed by atoms with Crippen LogP contribution in [0.15, 0.2) is 11.1 Å². The maximum absolute atomic E-state index is 15.1. The zero-order chi connectivity index (χ0) is 32.1. The molecule has 0 unspecified atom stereocenters. The van der Waals surface area contributed by atoms with Crippen molar-refractivity contribution in [2.45, 2.75) is 131 Å². The molecule has 4 fully saturated rings. The van der Waals surface area contributed by atoms with Crippen molar-refractivity contribution < 1.29 is 44.0 Å². The fourth-order valence-corrected chi connectivity index (χ4v) is 11.0. The van der Waals surface area contributed by atoms with Gasteiger partial charge in [-0.2, -0.15) is 0 Å². The molecule has 5 aliphatic rings.